The van der Waals surface area contributed by atoms with Crippen molar-refractivity contribution in [1.29, 1.82) is 0 Å². The van der Waals surface area contributed by atoms with E-state index in [4.69, 9.17) is 18.9 Å². The van der Waals surface area contributed by atoms with Crippen LogP contribution in [0.4, 0.5) is 0 Å². The van der Waals surface area contributed by atoms with E-state index in [1.165, 1.54) is 28.4 Å². The van der Waals surface area contributed by atoms with Gasteiger partial charge in [0.2, 0.25) is 0 Å². The van der Waals surface area contributed by atoms with E-state index in [9.17, 15) is 19.2 Å². The molecule has 47 heavy (non-hydrogen) atoms. The lowest BCUT2D eigenvalue weighted by atomic mass is 9.62. The van der Waals surface area contributed by atoms with Gasteiger partial charge in [0.25, 0.3) is 0 Å². The van der Waals surface area contributed by atoms with E-state index >= 15 is 0 Å². The summed E-state index contributed by atoms with van der Waals surface area (Å²) < 4.78 is 20.4. The fourth-order valence-corrected chi connectivity index (χ4v) is 8.39. The summed E-state index contributed by atoms with van der Waals surface area (Å²) >= 11 is 0. The number of benzene rings is 4. The molecule has 0 amide bonds. The summed E-state index contributed by atoms with van der Waals surface area (Å²) in [6, 6.07) is 21.9. The Kier molecular flexibility index (Phi) is 7.66. The van der Waals surface area contributed by atoms with Crippen LogP contribution in [0, 0.1) is 11.8 Å². The zero-order valence-corrected chi connectivity index (χ0v) is 26.6. The van der Waals surface area contributed by atoms with Gasteiger partial charge in [-0.3, -0.25) is 0 Å². The molecular formula is C39H34O8. The number of carbonyl (C=O) groups is 4. The monoisotopic (exact) mass is 630 g/mol. The van der Waals surface area contributed by atoms with Crippen LogP contribution in [0.5, 0.6) is 0 Å². The number of ether oxygens (including phenoxy) is 4. The van der Waals surface area contributed by atoms with Gasteiger partial charge in [0.05, 0.1) is 50.7 Å². The van der Waals surface area contributed by atoms with Crippen molar-refractivity contribution in [2.75, 3.05) is 28.4 Å². The minimum Gasteiger partial charge on any atom is -0.465 e. The summed E-state index contributed by atoms with van der Waals surface area (Å²) in [4.78, 5) is 51.3. The fraction of sp³-hybridized carbons (Fsp3) is 0.282. The topological polar surface area (TPSA) is 105 Å². The number of esters is 4. The Hall–Kier alpha value is -5.24. The summed E-state index contributed by atoms with van der Waals surface area (Å²) in [5.41, 5.74) is 8.69. The second-order valence-electron chi connectivity index (χ2n) is 12.4. The van der Waals surface area contributed by atoms with E-state index in [2.05, 4.69) is 6.07 Å². The number of carbonyl (C=O) groups excluding carboxylic acids is 4. The molecule has 8 nitrogen and oxygen atoms in total. The molecule has 0 N–H and O–H groups in total. The van der Waals surface area contributed by atoms with Crippen LogP contribution in [0.25, 0.3) is 33.4 Å². The highest BCUT2D eigenvalue weighted by Crippen LogP contribution is 2.67. The standard InChI is InChI=1S/C39H34O8/c1-44-36(40)22-9-5-20(6-10-22)28-19-30(39(43)47-4)31(21-7-11-23(12-8-21)37(41)45-2)35-29-18-26(38(42)46-3)15-16-27(29)32-24-13-14-25(17-24)33(32)34(28)35/h5-12,15-16,18-19,24-25,32-33H,13-14,17H2,1-4H3/t24-,25+,32-,33-/m1/s1. The van der Waals surface area contributed by atoms with E-state index < -0.39 is 23.9 Å². The molecule has 0 unspecified atom stereocenters. The van der Waals surface area contributed by atoms with Crippen molar-refractivity contribution in [3.63, 3.8) is 0 Å². The van der Waals surface area contributed by atoms with Crippen LogP contribution in [0.1, 0.15) is 83.7 Å². The van der Waals surface area contributed by atoms with Crippen molar-refractivity contribution in [3.05, 3.63) is 106 Å². The molecule has 2 bridgehead atoms. The lowest BCUT2D eigenvalue weighted by Crippen LogP contribution is -2.26. The SMILES string of the molecule is COC(=O)c1ccc(-c2cc(C(=O)OC)c(-c3ccc(C(=O)OC)cc3)c3c2[C@@H]2[C@H]4CC[C@H](C4)[C@@H]2c2ccc(C(=O)OC)cc2-3)cc1. The van der Waals surface area contributed by atoms with Crippen LogP contribution >= 0.6 is 0 Å². The molecule has 0 spiro atoms. The van der Waals surface area contributed by atoms with Gasteiger partial charge in [-0.15, -0.1) is 0 Å². The molecule has 238 valence electrons. The minimum absolute atomic E-state index is 0.176. The van der Waals surface area contributed by atoms with Gasteiger partial charge in [0.1, 0.15) is 0 Å². The zero-order valence-electron chi connectivity index (χ0n) is 26.6. The summed E-state index contributed by atoms with van der Waals surface area (Å²) in [6.07, 6.45) is 3.36. The molecule has 3 aliphatic rings. The van der Waals surface area contributed by atoms with Gasteiger partial charge in [-0.2, -0.15) is 0 Å². The molecule has 0 radical (unpaired) electrons. The number of fused-ring (bicyclic) bond motifs is 10. The third-order valence-electron chi connectivity index (χ3n) is 10.3. The Balaban J connectivity index is 1.59. The molecule has 7 rings (SSSR count). The maximum Gasteiger partial charge on any atom is 0.338 e. The molecule has 2 fully saturated rings. The van der Waals surface area contributed by atoms with E-state index in [1.54, 1.807) is 24.3 Å². The highest BCUT2D eigenvalue weighted by molar-refractivity contribution is 6.07. The second-order valence-corrected chi connectivity index (χ2v) is 12.4. The van der Waals surface area contributed by atoms with Crippen LogP contribution in [-0.2, 0) is 18.9 Å². The summed E-state index contributed by atoms with van der Waals surface area (Å²) in [6.45, 7) is 0. The molecule has 8 heteroatoms. The van der Waals surface area contributed by atoms with Crippen LogP contribution in [0.15, 0.2) is 72.8 Å². The van der Waals surface area contributed by atoms with Crippen molar-refractivity contribution < 1.29 is 38.1 Å². The molecule has 4 atom stereocenters. The van der Waals surface area contributed by atoms with Crippen molar-refractivity contribution in [1.82, 2.24) is 0 Å². The van der Waals surface area contributed by atoms with Gasteiger partial charge in [-0.1, -0.05) is 30.3 Å². The molecular weight excluding hydrogens is 596 g/mol. The largest absolute Gasteiger partial charge is 0.465 e. The summed E-state index contributed by atoms with van der Waals surface area (Å²) in [7, 11) is 5.40. The Morgan fingerprint density at radius 3 is 1.62 bits per heavy atom. The Morgan fingerprint density at radius 1 is 0.532 bits per heavy atom. The van der Waals surface area contributed by atoms with Crippen molar-refractivity contribution in [2.45, 2.75) is 31.1 Å². The Labute approximate surface area is 272 Å². The highest BCUT2D eigenvalue weighted by Gasteiger charge is 2.53. The number of hydrogen-bond acceptors (Lipinski definition) is 8. The fourth-order valence-electron chi connectivity index (χ4n) is 8.39. The lowest BCUT2D eigenvalue weighted by molar-refractivity contribution is 0.0591. The third-order valence-corrected chi connectivity index (χ3v) is 10.3. The van der Waals surface area contributed by atoms with Gasteiger partial charge in [-0.05, 0) is 124 Å². The maximum absolute atomic E-state index is 13.7. The first kappa shape index (κ1) is 30.4. The van der Waals surface area contributed by atoms with Crippen LogP contribution in [0.2, 0.25) is 0 Å². The van der Waals surface area contributed by atoms with Gasteiger partial charge >= 0.3 is 23.9 Å². The first-order valence-corrected chi connectivity index (χ1v) is 15.7. The average molecular weight is 631 g/mol. The van der Waals surface area contributed by atoms with Crippen LogP contribution in [0.3, 0.4) is 0 Å². The quantitative estimate of drug-likeness (QED) is 0.160. The number of hydrogen-bond donors (Lipinski definition) is 0. The predicted molar refractivity (Wildman–Crippen MR) is 174 cm³/mol. The van der Waals surface area contributed by atoms with Crippen molar-refractivity contribution >= 4 is 23.9 Å². The molecule has 2 saturated carbocycles. The van der Waals surface area contributed by atoms with Crippen LogP contribution < -0.4 is 0 Å². The first-order chi connectivity index (χ1) is 22.8. The normalized spacial score (nSPS) is 20.0. The molecule has 4 aromatic rings. The molecule has 0 aromatic heterocycles. The maximum atomic E-state index is 13.7. The molecule has 3 aliphatic carbocycles. The zero-order chi connectivity index (χ0) is 33.0. The van der Waals surface area contributed by atoms with Crippen molar-refractivity contribution in [3.8, 4) is 33.4 Å². The second kappa shape index (κ2) is 11.8. The molecule has 0 saturated heterocycles. The lowest BCUT2D eigenvalue weighted by Gasteiger charge is -2.41. The Bertz CT molecular complexity index is 1940. The van der Waals surface area contributed by atoms with Gasteiger partial charge in [0, 0.05) is 5.56 Å². The van der Waals surface area contributed by atoms with Crippen LogP contribution in [-0.4, -0.2) is 52.3 Å². The Morgan fingerprint density at radius 2 is 1.04 bits per heavy atom. The van der Waals surface area contributed by atoms with E-state index in [1.807, 2.05) is 42.5 Å². The van der Waals surface area contributed by atoms with Crippen molar-refractivity contribution in [2.24, 2.45) is 11.8 Å². The number of methoxy groups -OCH3 is 4. The highest BCUT2D eigenvalue weighted by atomic mass is 16.5. The summed E-state index contributed by atoms with van der Waals surface area (Å²) in [5, 5.41) is 0. The van der Waals surface area contributed by atoms with Gasteiger partial charge in [0.15, 0.2) is 0 Å². The minimum atomic E-state index is -0.520. The molecule has 4 aromatic carbocycles. The van der Waals surface area contributed by atoms with E-state index in [0.29, 0.717) is 39.7 Å². The number of rotatable bonds is 6. The average Bonchev–Trinajstić information content (AvgIpc) is 3.76. The smallest absolute Gasteiger partial charge is 0.338 e. The molecule has 0 heterocycles. The van der Waals surface area contributed by atoms with Gasteiger partial charge in [-0.25, -0.2) is 19.2 Å². The van der Waals surface area contributed by atoms with Gasteiger partial charge < -0.3 is 18.9 Å². The van der Waals surface area contributed by atoms with E-state index in [-0.39, 0.29) is 11.8 Å². The first-order valence-electron chi connectivity index (χ1n) is 15.7. The summed E-state index contributed by atoms with van der Waals surface area (Å²) in [5.74, 6) is -0.497. The molecule has 0 aliphatic heterocycles. The van der Waals surface area contributed by atoms with E-state index in [0.717, 1.165) is 58.2 Å². The third kappa shape index (κ3) is 4.82. The predicted octanol–water partition coefficient (Wildman–Crippen LogP) is 7.44.